The lowest BCUT2D eigenvalue weighted by molar-refractivity contribution is 0.508. The van der Waals surface area contributed by atoms with Crippen molar-refractivity contribution in [2.75, 3.05) is 12.0 Å². The van der Waals surface area contributed by atoms with Crippen molar-refractivity contribution >= 4 is 10.8 Å². The Bertz CT molecular complexity index is 316. The maximum absolute atomic E-state index is 11.0. The summed E-state index contributed by atoms with van der Waals surface area (Å²) in [7, 11) is -0.743. The molecule has 1 aromatic heterocycles. The van der Waals surface area contributed by atoms with Crippen molar-refractivity contribution in [3.63, 3.8) is 0 Å². The van der Waals surface area contributed by atoms with Gasteiger partial charge < -0.3 is 5.32 Å². The Morgan fingerprint density at radius 1 is 1.40 bits per heavy atom. The number of rotatable bonds is 5. The molecule has 15 heavy (non-hydrogen) atoms. The second-order valence-electron chi connectivity index (χ2n) is 3.81. The smallest absolute Gasteiger partial charge is 0.0383 e. The minimum Gasteiger partial charge on any atom is -0.307 e. The van der Waals surface area contributed by atoms with Crippen molar-refractivity contribution in [2.24, 2.45) is 0 Å². The summed E-state index contributed by atoms with van der Waals surface area (Å²) in [5.74, 6) is 0.690. The Hall–Kier alpha value is -0.740. The Morgan fingerprint density at radius 3 is 2.53 bits per heavy atom. The molecule has 0 aliphatic rings. The van der Waals surface area contributed by atoms with Crippen LogP contribution >= 0.6 is 0 Å². The first-order chi connectivity index (χ1) is 7.09. The van der Waals surface area contributed by atoms with E-state index in [-0.39, 0.29) is 12.1 Å². The van der Waals surface area contributed by atoms with Gasteiger partial charge in [-0.15, -0.1) is 0 Å². The van der Waals surface area contributed by atoms with Gasteiger partial charge in [-0.3, -0.25) is 9.19 Å². The standard InChI is InChI=1S/C11H18N2OS/c1-9(8-15(3)14)13-10(2)11-4-6-12-7-5-11/h4-7,9-10,13H,8H2,1-3H3. The van der Waals surface area contributed by atoms with Gasteiger partial charge in [0.15, 0.2) is 0 Å². The number of pyridine rings is 1. The summed E-state index contributed by atoms with van der Waals surface area (Å²) in [6.07, 6.45) is 5.31. The van der Waals surface area contributed by atoms with E-state index in [0.29, 0.717) is 5.75 Å². The van der Waals surface area contributed by atoms with E-state index >= 15 is 0 Å². The molecular weight excluding hydrogens is 208 g/mol. The fourth-order valence-electron chi connectivity index (χ4n) is 1.58. The Kier molecular flexibility index (Phi) is 4.91. The summed E-state index contributed by atoms with van der Waals surface area (Å²) < 4.78 is 11.0. The molecule has 3 atom stereocenters. The SMILES string of the molecule is CC(CS(C)=O)NC(C)c1ccncc1. The molecule has 1 heterocycles. The highest BCUT2D eigenvalue weighted by molar-refractivity contribution is 7.84. The molecule has 0 radical (unpaired) electrons. The van der Waals surface area contributed by atoms with Gasteiger partial charge in [0.2, 0.25) is 0 Å². The van der Waals surface area contributed by atoms with Crippen LogP contribution in [0.15, 0.2) is 24.5 Å². The molecule has 0 fully saturated rings. The van der Waals surface area contributed by atoms with E-state index in [4.69, 9.17) is 0 Å². The van der Waals surface area contributed by atoms with Crippen molar-refractivity contribution in [1.29, 1.82) is 0 Å². The van der Waals surface area contributed by atoms with Crippen molar-refractivity contribution < 1.29 is 4.21 Å². The van der Waals surface area contributed by atoms with Crippen LogP contribution in [0.5, 0.6) is 0 Å². The number of nitrogens with zero attached hydrogens (tertiary/aromatic N) is 1. The van der Waals surface area contributed by atoms with Crippen LogP contribution in [0.3, 0.4) is 0 Å². The van der Waals surface area contributed by atoms with E-state index in [2.05, 4.69) is 24.1 Å². The highest BCUT2D eigenvalue weighted by atomic mass is 32.2. The van der Waals surface area contributed by atoms with Gasteiger partial charge in [0, 0.05) is 47.3 Å². The van der Waals surface area contributed by atoms with Gasteiger partial charge in [-0.2, -0.15) is 0 Å². The zero-order valence-electron chi connectivity index (χ0n) is 9.43. The minimum absolute atomic E-state index is 0.263. The summed E-state index contributed by atoms with van der Waals surface area (Å²) in [6, 6.07) is 4.52. The van der Waals surface area contributed by atoms with Crippen LogP contribution in [-0.2, 0) is 10.8 Å². The minimum atomic E-state index is -0.743. The second kappa shape index (κ2) is 5.98. The van der Waals surface area contributed by atoms with Crippen LogP contribution < -0.4 is 5.32 Å². The number of hydrogen-bond donors (Lipinski definition) is 1. The molecule has 3 unspecified atom stereocenters. The third-order valence-electron chi connectivity index (χ3n) is 2.23. The average molecular weight is 226 g/mol. The van der Waals surface area contributed by atoms with Crippen molar-refractivity contribution in [3.05, 3.63) is 30.1 Å². The molecule has 1 rings (SSSR count). The molecule has 0 spiro atoms. The largest absolute Gasteiger partial charge is 0.307 e. The van der Waals surface area contributed by atoms with Crippen molar-refractivity contribution in [1.82, 2.24) is 10.3 Å². The van der Waals surface area contributed by atoms with Gasteiger partial charge >= 0.3 is 0 Å². The molecule has 0 amide bonds. The van der Waals surface area contributed by atoms with Gasteiger partial charge in [0.1, 0.15) is 0 Å². The zero-order chi connectivity index (χ0) is 11.3. The quantitative estimate of drug-likeness (QED) is 0.827. The van der Waals surface area contributed by atoms with Gasteiger partial charge in [0.05, 0.1) is 0 Å². The fraction of sp³-hybridized carbons (Fsp3) is 0.545. The van der Waals surface area contributed by atoms with E-state index in [1.807, 2.05) is 12.1 Å². The summed E-state index contributed by atoms with van der Waals surface area (Å²) in [5.41, 5.74) is 1.21. The monoisotopic (exact) mass is 226 g/mol. The lowest BCUT2D eigenvalue weighted by atomic mass is 10.1. The maximum atomic E-state index is 11.0. The predicted molar refractivity (Wildman–Crippen MR) is 64.2 cm³/mol. The molecule has 0 bridgehead atoms. The van der Waals surface area contributed by atoms with Crippen molar-refractivity contribution in [3.8, 4) is 0 Å². The van der Waals surface area contributed by atoms with Crippen molar-refractivity contribution in [2.45, 2.75) is 25.9 Å². The van der Waals surface area contributed by atoms with E-state index in [1.54, 1.807) is 18.6 Å². The second-order valence-corrected chi connectivity index (χ2v) is 5.29. The number of nitrogens with one attached hydrogen (secondary N) is 1. The van der Waals surface area contributed by atoms with Crippen LogP contribution in [0.4, 0.5) is 0 Å². The van der Waals surface area contributed by atoms with Gasteiger partial charge in [0.25, 0.3) is 0 Å². The fourth-order valence-corrected chi connectivity index (χ4v) is 2.38. The van der Waals surface area contributed by atoms with Gasteiger partial charge in [-0.1, -0.05) is 0 Å². The Balaban J connectivity index is 2.49. The molecule has 1 N–H and O–H groups in total. The van der Waals surface area contributed by atoms with Gasteiger partial charge in [-0.05, 0) is 31.5 Å². The molecular formula is C11H18N2OS. The zero-order valence-corrected chi connectivity index (χ0v) is 10.3. The molecule has 3 nitrogen and oxygen atoms in total. The van der Waals surface area contributed by atoms with Crippen LogP contribution in [0, 0.1) is 0 Å². The van der Waals surface area contributed by atoms with E-state index in [0.717, 1.165) is 0 Å². The topological polar surface area (TPSA) is 42.0 Å². The van der Waals surface area contributed by atoms with E-state index in [9.17, 15) is 4.21 Å². The molecule has 0 aliphatic heterocycles. The van der Waals surface area contributed by atoms with E-state index < -0.39 is 10.8 Å². The normalized spacial score (nSPS) is 17.0. The maximum Gasteiger partial charge on any atom is 0.0383 e. The highest BCUT2D eigenvalue weighted by Gasteiger charge is 2.09. The number of aromatic nitrogens is 1. The lowest BCUT2D eigenvalue weighted by Gasteiger charge is -2.19. The molecule has 4 heteroatoms. The number of hydrogen-bond acceptors (Lipinski definition) is 3. The first kappa shape index (κ1) is 12.3. The first-order valence-corrected chi connectivity index (χ1v) is 6.78. The molecule has 0 aromatic carbocycles. The summed E-state index contributed by atoms with van der Waals surface area (Å²) in [5, 5.41) is 3.41. The Labute approximate surface area is 93.8 Å². The highest BCUT2D eigenvalue weighted by Crippen LogP contribution is 2.10. The van der Waals surface area contributed by atoms with Crippen LogP contribution in [0.25, 0.3) is 0 Å². The predicted octanol–water partition coefficient (Wildman–Crippen LogP) is 1.50. The average Bonchev–Trinajstić information content (AvgIpc) is 2.17. The molecule has 0 aliphatic carbocycles. The van der Waals surface area contributed by atoms with Crippen LogP contribution in [-0.4, -0.2) is 27.2 Å². The lowest BCUT2D eigenvalue weighted by Crippen LogP contribution is -2.33. The molecule has 0 saturated heterocycles. The Morgan fingerprint density at radius 2 is 2.00 bits per heavy atom. The molecule has 1 aromatic rings. The third kappa shape index (κ3) is 4.53. The summed E-state index contributed by atoms with van der Waals surface area (Å²) in [4.78, 5) is 3.98. The summed E-state index contributed by atoms with van der Waals surface area (Å²) >= 11 is 0. The molecule has 0 saturated carbocycles. The van der Waals surface area contributed by atoms with Gasteiger partial charge in [-0.25, -0.2) is 0 Å². The van der Waals surface area contributed by atoms with Crippen LogP contribution in [0.2, 0.25) is 0 Å². The third-order valence-corrected chi connectivity index (χ3v) is 3.19. The first-order valence-electron chi connectivity index (χ1n) is 5.05. The van der Waals surface area contributed by atoms with Crippen LogP contribution in [0.1, 0.15) is 25.5 Å². The summed E-state index contributed by atoms with van der Waals surface area (Å²) in [6.45, 7) is 4.16. The van der Waals surface area contributed by atoms with E-state index in [1.165, 1.54) is 5.56 Å². The molecule has 84 valence electrons.